The minimum absolute atomic E-state index is 0. The Hall–Kier alpha value is -0.440. The van der Waals surface area contributed by atoms with E-state index in [-0.39, 0.29) is 7.43 Å². The van der Waals surface area contributed by atoms with Crippen molar-refractivity contribution in [1.29, 1.82) is 0 Å². The molecule has 3 heteroatoms. The van der Waals surface area contributed by atoms with Crippen molar-refractivity contribution in [3.8, 4) is 0 Å². The lowest BCUT2D eigenvalue weighted by Crippen LogP contribution is -2.17. The smallest absolute Gasteiger partial charge is 0.320 e. The van der Waals surface area contributed by atoms with Gasteiger partial charge in [0.15, 0.2) is 0 Å². The molecule has 0 rings (SSSR count). The average molecular weight is 303 g/mol. The minimum atomic E-state index is -0.766. The van der Waals surface area contributed by atoms with Gasteiger partial charge < -0.3 is 5.11 Å². The largest absolute Gasteiger partial charge is 0.480 e. The second-order valence-electron chi connectivity index (χ2n) is 5.07. The zero-order valence-electron chi connectivity index (χ0n) is 12.6. The molecule has 0 aromatic carbocycles. The summed E-state index contributed by atoms with van der Waals surface area (Å²) in [4.78, 5) is 11.0. The van der Waals surface area contributed by atoms with Gasteiger partial charge in [-0.2, -0.15) is 0 Å². The third-order valence-electron chi connectivity index (χ3n) is 3.38. The minimum Gasteiger partial charge on any atom is -0.480 e. The number of carboxylic acid groups (broad SMARTS) is 1. The van der Waals surface area contributed by atoms with Crippen molar-refractivity contribution < 1.29 is 9.90 Å². The molecule has 0 saturated heterocycles. The highest BCUT2D eigenvalue weighted by Gasteiger charge is 2.18. The Bertz CT molecular complexity index is 241. The third-order valence-corrected chi connectivity index (χ3v) is 5.02. The highest BCUT2D eigenvalue weighted by Crippen LogP contribution is 2.26. The molecular formula is C17H34O2S. The van der Waals surface area contributed by atoms with E-state index in [1.807, 2.05) is 0 Å². The lowest BCUT2D eigenvalue weighted by molar-refractivity contribution is -0.135. The van der Waals surface area contributed by atoms with Crippen molar-refractivity contribution >= 4 is 17.7 Å². The van der Waals surface area contributed by atoms with Crippen LogP contribution in [-0.4, -0.2) is 21.6 Å². The van der Waals surface area contributed by atoms with Crippen LogP contribution in [0.5, 0.6) is 0 Å². The Morgan fingerprint density at radius 2 is 1.70 bits per heavy atom. The lowest BCUT2D eigenvalue weighted by atomic mass is 10.1. The predicted molar refractivity (Wildman–Crippen MR) is 92.6 cm³/mol. The fraction of sp³-hybridized carbons (Fsp3) is 0.824. The number of aliphatic carboxylic acids is 1. The molecule has 0 aliphatic rings. The molecule has 0 aromatic heterocycles. The molecule has 2 nitrogen and oxygen atoms in total. The standard InChI is InChI=1S/C16H30O2S.CH4/c1-4-7-8-9-10-11-12-13-14(5-2)19-15(6-3)16(17)18;/h6,14-15H,3-5,7-13H2,1-2H3,(H,17,18);1H4. The third kappa shape index (κ3) is 11.4. The van der Waals surface area contributed by atoms with Gasteiger partial charge in [0.05, 0.1) is 0 Å². The van der Waals surface area contributed by atoms with Crippen molar-refractivity contribution in [3.05, 3.63) is 12.7 Å². The monoisotopic (exact) mass is 302 g/mol. The molecule has 0 aromatic rings. The SMILES string of the molecule is C.C=CC(SC(CC)CCCCCCCCC)C(=O)O. The summed E-state index contributed by atoms with van der Waals surface area (Å²) in [5.41, 5.74) is 0. The molecule has 0 bridgehead atoms. The summed E-state index contributed by atoms with van der Waals surface area (Å²) in [6.07, 6.45) is 12.9. The Balaban J connectivity index is 0. The van der Waals surface area contributed by atoms with E-state index in [1.165, 1.54) is 44.9 Å². The first-order valence-corrected chi connectivity index (χ1v) is 8.60. The van der Waals surface area contributed by atoms with Gasteiger partial charge >= 0.3 is 5.97 Å². The van der Waals surface area contributed by atoms with Gasteiger partial charge in [-0.05, 0) is 12.8 Å². The van der Waals surface area contributed by atoms with Crippen LogP contribution < -0.4 is 0 Å². The van der Waals surface area contributed by atoms with Crippen LogP contribution in [0.15, 0.2) is 12.7 Å². The van der Waals surface area contributed by atoms with E-state index in [4.69, 9.17) is 5.11 Å². The molecular weight excluding hydrogens is 268 g/mol. The van der Waals surface area contributed by atoms with E-state index in [2.05, 4.69) is 20.4 Å². The van der Waals surface area contributed by atoms with Crippen LogP contribution >= 0.6 is 11.8 Å². The molecule has 0 aliphatic carbocycles. The summed E-state index contributed by atoms with van der Waals surface area (Å²) in [5.74, 6) is -0.766. The maximum absolute atomic E-state index is 11.0. The quantitative estimate of drug-likeness (QED) is 0.339. The van der Waals surface area contributed by atoms with Crippen LogP contribution in [0.3, 0.4) is 0 Å². The molecule has 0 radical (unpaired) electrons. The number of carboxylic acids is 1. The molecule has 0 aliphatic heterocycles. The van der Waals surface area contributed by atoms with E-state index in [0.717, 1.165) is 12.8 Å². The summed E-state index contributed by atoms with van der Waals surface area (Å²) in [5, 5.41) is 9.02. The van der Waals surface area contributed by atoms with Crippen LogP contribution in [0.2, 0.25) is 0 Å². The van der Waals surface area contributed by atoms with Crippen LogP contribution in [0.1, 0.15) is 79.1 Å². The van der Waals surface area contributed by atoms with Crippen molar-refractivity contribution in [2.24, 2.45) is 0 Å². The van der Waals surface area contributed by atoms with Gasteiger partial charge in [-0.25, -0.2) is 0 Å². The highest BCUT2D eigenvalue weighted by molar-refractivity contribution is 8.01. The fourth-order valence-electron chi connectivity index (χ4n) is 2.12. The van der Waals surface area contributed by atoms with Crippen molar-refractivity contribution in [1.82, 2.24) is 0 Å². The second kappa shape index (κ2) is 15.0. The van der Waals surface area contributed by atoms with Crippen LogP contribution in [0, 0.1) is 0 Å². The Morgan fingerprint density at radius 3 is 2.15 bits per heavy atom. The molecule has 0 spiro atoms. The van der Waals surface area contributed by atoms with Crippen molar-refractivity contribution in [2.75, 3.05) is 0 Å². The fourth-order valence-corrected chi connectivity index (χ4v) is 3.26. The molecule has 20 heavy (non-hydrogen) atoms. The van der Waals surface area contributed by atoms with Crippen molar-refractivity contribution in [3.63, 3.8) is 0 Å². The first-order chi connectivity index (χ1) is 9.15. The van der Waals surface area contributed by atoms with Crippen LogP contribution in [0.4, 0.5) is 0 Å². The van der Waals surface area contributed by atoms with Crippen LogP contribution in [0.25, 0.3) is 0 Å². The van der Waals surface area contributed by atoms with E-state index in [1.54, 1.807) is 17.8 Å². The van der Waals surface area contributed by atoms with Gasteiger partial charge in [0, 0.05) is 5.25 Å². The zero-order valence-corrected chi connectivity index (χ0v) is 13.4. The Morgan fingerprint density at radius 1 is 1.15 bits per heavy atom. The van der Waals surface area contributed by atoms with E-state index >= 15 is 0 Å². The van der Waals surface area contributed by atoms with Crippen LogP contribution in [-0.2, 0) is 4.79 Å². The molecule has 2 atom stereocenters. The summed E-state index contributed by atoms with van der Waals surface area (Å²) >= 11 is 1.55. The van der Waals surface area contributed by atoms with Gasteiger partial charge in [0.2, 0.25) is 0 Å². The number of hydrogen-bond acceptors (Lipinski definition) is 2. The maximum atomic E-state index is 11.0. The molecule has 1 N–H and O–H groups in total. The molecule has 2 unspecified atom stereocenters. The van der Waals surface area contributed by atoms with E-state index in [0.29, 0.717) is 5.25 Å². The van der Waals surface area contributed by atoms with E-state index < -0.39 is 11.2 Å². The average Bonchev–Trinajstić information content (AvgIpc) is 2.40. The molecule has 120 valence electrons. The van der Waals surface area contributed by atoms with Crippen molar-refractivity contribution in [2.45, 2.75) is 89.6 Å². The number of hydrogen-bond donors (Lipinski definition) is 1. The predicted octanol–water partition coefficient (Wildman–Crippen LogP) is 5.91. The summed E-state index contributed by atoms with van der Waals surface area (Å²) in [6.45, 7) is 7.98. The molecule has 0 amide bonds. The number of rotatable bonds is 13. The molecule has 0 fully saturated rings. The Labute approximate surface area is 130 Å². The highest BCUT2D eigenvalue weighted by atomic mass is 32.2. The summed E-state index contributed by atoms with van der Waals surface area (Å²) in [7, 11) is 0. The first kappa shape index (κ1) is 21.9. The van der Waals surface area contributed by atoms with Gasteiger partial charge in [0.1, 0.15) is 5.25 Å². The van der Waals surface area contributed by atoms with E-state index in [9.17, 15) is 4.79 Å². The number of carbonyl (C=O) groups is 1. The zero-order chi connectivity index (χ0) is 14.5. The van der Waals surface area contributed by atoms with Gasteiger partial charge in [-0.15, -0.1) is 18.3 Å². The van der Waals surface area contributed by atoms with Gasteiger partial charge in [-0.1, -0.05) is 72.3 Å². The normalized spacial score (nSPS) is 13.3. The topological polar surface area (TPSA) is 37.3 Å². The lowest BCUT2D eigenvalue weighted by Gasteiger charge is -2.17. The van der Waals surface area contributed by atoms with Gasteiger partial charge in [0.25, 0.3) is 0 Å². The van der Waals surface area contributed by atoms with Gasteiger partial charge in [-0.3, -0.25) is 4.79 Å². The molecule has 0 saturated carbocycles. The summed E-state index contributed by atoms with van der Waals surface area (Å²) < 4.78 is 0. The molecule has 0 heterocycles. The number of thioether (sulfide) groups is 1. The Kier molecular flexibility index (Phi) is 16.3. The number of unbranched alkanes of at least 4 members (excludes halogenated alkanes) is 6. The second-order valence-corrected chi connectivity index (χ2v) is 6.52. The maximum Gasteiger partial charge on any atom is 0.320 e. The summed E-state index contributed by atoms with van der Waals surface area (Å²) in [6, 6.07) is 0. The first-order valence-electron chi connectivity index (χ1n) is 7.66.